The van der Waals surface area contributed by atoms with Gasteiger partial charge in [0.15, 0.2) is 11.6 Å². The highest BCUT2D eigenvalue weighted by Crippen LogP contribution is 2.33. The zero-order chi connectivity index (χ0) is 34.7. The number of nitrogens with one attached hydrogen (secondary N) is 3. The zero-order valence-electron chi connectivity index (χ0n) is 26.9. The fraction of sp³-hybridized carbons (Fsp3) is 0.278. The molecule has 3 aromatic rings. The number of methoxy groups -OCH3 is 1. The molecule has 0 aliphatic carbocycles. The van der Waals surface area contributed by atoms with Gasteiger partial charge in [-0.2, -0.15) is 13.2 Å². The van der Waals surface area contributed by atoms with Crippen LogP contribution in [0.5, 0.6) is 5.75 Å². The summed E-state index contributed by atoms with van der Waals surface area (Å²) in [6, 6.07) is 18.6. The lowest BCUT2D eigenvalue weighted by atomic mass is 9.99. The second-order valence-corrected chi connectivity index (χ2v) is 10.6. The van der Waals surface area contributed by atoms with Gasteiger partial charge in [0.25, 0.3) is 0 Å². The highest BCUT2D eigenvalue weighted by atomic mass is 31.0. The average Bonchev–Trinajstić information content (AvgIpc) is 3.02. The minimum atomic E-state index is -4.50. The average molecular weight is 660 g/mol. The second kappa shape index (κ2) is 20.9. The van der Waals surface area contributed by atoms with Crippen LogP contribution in [0.25, 0.3) is 5.57 Å². The Morgan fingerprint density at radius 3 is 2.17 bits per heavy atom. The summed E-state index contributed by atoms with van der Waals surface area (Å²) in [6.07, 6.45) is -2.09. The number of ether oxygens (including phenoxy) is 1. The van der Waals surface area contributed by atoms with Gasteiger partial charge in [0, 0.05) is 42.0 Å². The molecule has 3 rings (SSSR count). The van der Waals surface area contributed by atoms with Crippen molar-refractivity contribution in [3.8, 4) is 5.75 Å². The molecule has 0 bridgehead atoms. The third-order valence-electron chi connectivity index (χ3n) is 6.66. The first kappa shape index (κ1) is 40.0. The van der Waals surface area contributed by atoms with Gasteiger partial charge in [0.2, 0.25) is 0 Å². The van der Waals surface area contributed by atoms with Crippen LogP contribution in [0.2, 0.25) is 0 Å². The molecule has 0 fully saturated rings. The third-order valence-corrected chi connectivity index (χ3v) is 7.21. The molecule has 0 amide bonds. The van der Waals surface area contributed by atoms with E-state index in [0.29, 0.717) is 29.5 Å². The van der Waals surface area contributed by atoms with Crippen molar-refractivity contribution in [1.82, 2.24) is 16.0 Å². The van der Waals surface area contributed by atoms with Crippen molar-refractivity contribution in [2.75, 3.05) is 27.2 Å². The SMILES string of the molecule is C=C.C=C(NCc1c(P)cccc1C(F)(F)F)/C(=C(/C)NCCc1ccccc1)c1cccc(OC)c1F.C=C(O)CCCNC. The van der Waals surface area contributed by atoms with E-state index in [2.05, 4.69) is 51.5 Å². The second-order valence-electron chi connectivity index (χ2n) is 9.96. The summed E-state index contributed by atoms with van der Waals surface area (Å²) in [5.41, 5.74) is 2.06. The molecule has 0 spiro atoms. The van der Waals surface area contributed by atoms with Crippen molar-refractivity contribution in [2.24, 2.45) is 0 Å². The summed E-state index contributed by atoms with van der Waals surface area (Å²) in [7, 11) is 5.60. The Labute approximate surface area is 273 Å². The van der Waals surface area contributed by atoms with Gasteiger partial charge in [-0.15, -0.1) is 22.4 Å². The number of allylic oxidation sites excluding steroid dienone is 3. The van der Waals surface area contributed by atoms with Gasteiger partial charge >= 0.3 is 6.18 Å². The Balaban J connectivity index is 0.000000922. The fourth-order valence-corrected chi connectivity index (χ4v) is 4.77. The van der Waals surface area contributed by atoms with Crippen LogP contribution in [-0.4, -0.2) is 32.4 Å². The van der Waals surface area contributed by atoms with Crippen LogP contribution < -0.4 is 26.0 Å². The van der Waals surface area contributed by atoms with E-state index >= 15 is 4.39 Å². The molecule has 1 unspecified atom stereocenters. The molecule has 0 heterocycles. The summed E-state index contributed by atoms with van der Waals surface area (Å²) < 4.78 is 61.1. The first-order valence-corrected chi connectivity index (χ1v) is 15.2. The van der Waals surface area contributed by atoms with Crippen LogP contribution in [0.4, 0.5) is 17.6 Å². The highest BCUT2D eigenvalue weighted by Gasteiger charge is 2.33. The van der Waals surface area contributed by atoms with E-state index in [1.54, 1.807) is 25.1 Å². The molecule has 0 saturated heterocycles. The molecule has 10 heteroatoms. The van der Waals surface area contributed by atoms with Crippen molar-refractivity contribution >= 4 is 20.1 Å². The summed E-state index contributed by atoms with van der Waals surface area (Å²) in [6.45, 7) is 16.6. The van der Waals surface area contributed by atoms with E-state index in [0.717, 1.165) is 31.0 Å². The number of rotatable bonds is 14. The minimum Gasteiger partial charge on any atom is -0.513 e. The van der Waals surface area contributed by atoms with Gasteiger partial charge in [0.05, 0.1) is 18.4 Å². The third kappa shape index (κ3) is 13.1. The van der Waals surface area contributed by atoms with Crippen LogP contribution >= 0.6 is 9.24 Å². The highest BCUT2D eigenvalue weighted by molar-refractivity contribution is 7.27. The molecule has 0 saturated carbocycles. The first-order valence-electron chi connectivity index (χ1n) is 14.6. The van der Waals surface area contributed by atoms with Crippen molar-refractivity contribution in [2.45, 2.75) is 38.9 Å². The smallest absolute Gasteiger partial charge is 0.416 e. The molecule has 46 heavy (non-hydrogen) atoms. The molecule has 1 atom stereocenters. The van der Waals surface area contributed by atoms with Crippen LogP contribution in [0, 0.1) is 5.82 Å². The van der Waals surface area contributed by atoms with E-state index in [9.17, 15) is 13.2 Å². The van der Waals surface area contributed by atoms with Crippen LogP contribution in [0.1, 0.15) is 42.0 Å². The van der Waals surface area contributed by atoms with Gasteiger partial charge in [-0.25, -0.2) is 4.39 Å². The standard InChI is InChI=1S/C28H29F4N2OP.C6H13NO.C2H4/c1-18(33-16-15-20-9-5-4-6-10-20)26(21-11-7-13-24(35-3)27(21)29)19(2)34-17-22-23(28(30,31)32)12-8-14-25(22)36;1-6(8)4-3-5-7-2;1-2/h4-14,33-34H,2,15-17,36H2,1,3H3;7-8H,1,3-5H2,2H3;1-2H2/b26-18+;;. The van der Waals surface area contributed by atoms with Crippen LogP contribution in [0.3, 0.4) is 0 Å². The lowest BCUT2D eigenvalue weighted by molar-refractivity contribution is -0.138. The first-order chi connectivity index (χ1) is 21.9. The number of aliphatic hydroxyl groups excluding tert-OH is 1. The maximum absolute atomic E-state index is 15.3. The van der Waals surface area contributed by atoms with Gasteiger partial charge in [-0.1, -0.05) is 67.8 Å². The van der Waals surface area contributed by atoms with E-state index in [1.807, 2.05) is 37.4 Å². The number of aliphatic hydroxyl groups is 1. The van der Waals surface area contributed by atoms with Gasteiger partial charge < -0.3 is 25.8 Å². The number of hydrogen-bond acceptors (Lipinski definition) is 5. The Morgan fingerprint density at radius 2 is 1.59 bits per heavy atom. The zero-order valence-corrected chi connectivity index (χ0v) is 28.0. The van der Waals surface area contributed by atoms with Crippen LogP contribution in [0.15, 0.2) is 110 Å². The lowest BCUT2D eigenvalue weighted by Crippen LogP contribution is -2.24. The van der Waals surface area contributed by atoms with E-state index in [1.165, 1.54) is 19.2 Å². The summed E-state index contributed by atoms with van der Waals surface area (Å²) in [5, 5.41) is 18.2. The number of benzene rings is 3. The van der Waals surface area contributed by atoms with Crippen molar-refractivity contribution in [3.63, 3.8) is 0 Å². The van der Waals surface area contributed by atoms with E-state index in [-0.39, 0.29) is 34.9 Å². The monoisotopic (exact) mass is 659 g/mol. The molecule has 0 aromatic heterocycles. The summed E-state index contributed by atoms with van der Waals surface area (Å²) in [4.78, 5) is 0. The summed E-state index contributed by atoms with van der Waals surface area (Å²) in [5.74, 6) is -0.241. The quantitative estimate of drug-likeness (QED) is 0.0352. The largest absolute Gasteiger partial charge is 0.513 e. The topological polar surface area (TPSA) is 65.5 Å². The van der Waals surface area contributed by atoms with E-state index in [4.69, 9.17) is 9.84 Å². The Kier molecular flexibility index (Phi) is 18.1. The predicted octanol–water partition coefficient (Wildman–Crippen LogP) is 8.08. The summed E-state index contributed by atoms with van der Waals surface area (Å²) >= 11 is 0. The van der Waals surface area contributed by atoms with Gasteiger partial charge in [0.1, 0.15) is 0 Å². The van der Waals surface area contributed by atoms with Gasteiger partial charge in [-0.3, -0.25) is 0 Å². The molecular formula is C36H46F4N3O2P. The van der Waals surface area contributed by atoms with Crippen molar-refractivity contribution in [1.29, 1.82) is 0 Å². The number of hydrogen-bond donors (Lipinski definition) is 4. The Morgan fingerprint density at radius 1 is 0.935 bits per heavy atom. The number of alkyl halides is 3. The molecule has 250 valence electrons. The number of halogens is 4. The molecular weight excluding hydrogens is 613 g/mol. The molecule has 3 aromatic carbocycles. The van der Waals surface area contributed by atoms with E-state index < -0.39 is 17.6 Å². The maximum atomic E-state index is 15.3. The Hall–Kier alpha value is -4.07. The van der Waals surface area contributed by atoms with Crippen molar-refractivity contribution < 1.29 is 27.4 Å². The predicted molar refractivity (Wildman–Crippen MR) is 187 cm³/mol. The molecule has 5 nitrogen and oxygen atoms in total. The molecule has 4 N–H and O–H groups in total. The minimum absolute atomic E-state index is 0.0598. The molecule has 0 aliphatic heterocycles. The molecule has 0 aliphatic rings. The maximum Gasteiger partial charge on any atom is 0.416 e. The van der Waals surface area contributed by atoms with Gasteiger partial charge in [-0.05, 0) is 61.9 Å². The van der Waals surface area contributed by atoms with Crippen LogP contribution in [-0.2, 0) is 19.1 Å². The fourth-order valence-electron chi connectivity index (χ4n) is 4.40. The molecule has 0 radical (unpaired) electrons. The Bertz CT molecular complexity index is 1430. The normalized spacial score (nSPS) is 11.1. The van der Waals surface area contributed by atoms with Crippen molar-refractivity contribution in [3.05, 3.63) is 138 Å². The lowest BCUT2D eigenvalue weighted by Gasteiger charge is -2.21.